The van der Waals surface area contributed by atoms with Crippen LogP contribution < -0.4 is 30.3 Å². The molecule has 0 aromatic heterocycles. The summed E-state index contributed by atoms with van der Waals surface area (Å²) in [6.45, 7) is 3.79. The van der Waals surface area contributed by atoms with Crippen molar-refractivity contribution in [3.63, 3.8) is 0 Å². The van der Waals surface area contributed by atoms with Gasteiger partial charge in [0.2, 0.25) is 0 Å². The summed E-state index contributed by atoms with van der Waals surface area (Å²) in [5.41, 5.74) is 5.75. The second-order valence-electron chi connectivity index (χ2n) is 9.24. The standard InChI is InChI=1S/C31H31BrN4O6S/c1-4-40-30(38)28-19(2)34-31(43)35-29(28)23-7-5-6-8-24(23)42-18-27(37)36-33-16-21-11-14-25(26(15-21)39-3)41-17-20-9-12-22(32)13-10-20/h5-16,29H,4,17-18H2,1-3H3,(H,36,37)(H2,34,35,43)/t29-/m1/s1. The minimum Gasteiger partial charge on any atom is -0.493 e. The van der Waals surface area contributed by atoms with E-state index in [2.05, 4.69) is 37.1 Å². The van der Waals surface area contributed by atoms with Crippen LogP contribution in [0.3, 0.4) is 0 Å². The predicted octanol–water partition coefficient (Wildman–Crippen LogP) is 4.92. The first-order chi connectivity index (χ1) is 20.8. The van der Waals surface area contributed by atoms with Crippen molar-refractivity contribution in [2.24, 2.45) is 5.10 Å². The maximum Gasteiger partial charge on any atom is 0.338 e. The summed E-state index contributed by atoms with van der Waals surface area (Å²) in [5, 5.41) is 10.5. The molecule has 4 rings (SSSR count). The molecule has 3 aromatic rings. The highest BCUT2D eigenvalue weighted by Gasteiger charge is 2.32. The van der Waals surface area contributed by atoms with Gasteiger partial charge in [-0.3, -0.25) is 4.79 Å². The van der Waals surface area contributed by atoms with Crippen LogP contribution in [0.4, 0.5) is 0 Å². The number of nitrogens with zero attached hydrogens (tertiary/aromatic N) is 1. The van der Waals surface area contributed by atoms with Crippen molar-refractivity contribution in [2.45, 2.75) is 26.5 Å². The van der Waals surface area contributed by atoms with Crippen LogP contribution in [-0.4, -0.2) is 43.5 Å². The fourth-order valence-corrected chi connectivity index (χ4v) is 4.77. The third-order valence-corrected chi connectivity index (χ3v) is 7.00. The van der Waals surface area contributed by atoms with Crippen molar-refractivity contribution < 1.29 is 28.5 Å². The number of benzene rings is 3. The lowest BCUT2D eigenvalue weighted by Gasteiger charge is -2.30. The molecule has 0 aliphatic carbocycles. The topological polar surface area (TPSA) is 120 Å². The van der Waals surface area contributed by atoms with Gasteiger partial charge in [-0.05, 0) is 73.6 Å². The van der Waals surface area contributed by atoms with Crippen LogP contribution in [0.15, 0.2) is 87.6 Å². The summed E-state index contributed by atoms with van der Waals surface area (Å²) in [4.78, 5) is 25.3. The Balaban J connectivity index is 1.36. The zero-order valence-electron chi connectivity index (χ0n) is 23.8. The number of halogens is 1. The molecule has 0 spiro atoms. The van der Waals surface area contributed by atoms with Gasteiger partial charge >= 0.3 is 5.97 Å². The lowest BCUT2D eigenvalue weighted by Crippen LogP contribution is -2.45. The molecule has 1 aliphatic heterocycles. The van der Waals surface area contributed by atoms with Gasteiger partial charge in [-0.15, -0.1) is 0 Å². The number of rotatable bonds is 12. The van der Waals surface area contributed by atoms with Gasteiger partial charge in [0.05, 0.1) is 31.5 Å². The Morgan fingerprint density at radius 3 is 2.56 bits per heavy atom. The van der Waals surface area contributed by atoms with Crippen LogP contribution in [-0.2, 0) is 20.9 Å². The number of nitrogens with one attached hydrogen (secondary N) is 3. The summed E-state index contributed by atoms with van der Waals surface area (Å²) < 4.78 is 23.5. The normalized spacial score (nSPS) is 14.5. The van der Waals surface area contributed by atoms with Crippen LogP contribution in [0.5, 0.6) is 17.2 Å². The zero-order chi connectivity index (χ0) is 30.8. The minimum atomic E-state index is -0.623. The lowest BCUT2D eigenvalue weighted by molar-refractivity contribution is -0.139. The molecular weight excluding hydrogens is 636 g/mol. The van der Waals surface area contributed by atoms with Gasteiger partial charge in [-0.25, -0.2) is 10.2 Å². The van der Waals surface area contributed by atoms with Crippen molar-refractivity contribution in [3.8, 4) is 17.2 Å². The molecule has 12 heteroatoms. The Kier molecular flexibility index (Phi) is 11.1. The number of ether oxygens (including phenoxy) is 4. The molecule has 0 saturated carbocycles. The minimum absolute atomic E-state index is 0.225. The highest BCUT2D eigenvalue weighted by molar-refractivity contribution is 9.10. The fourth-order valence-electron chi connectivity index (χ4n) is 4.24. The smallest absolute Gasteiger partial charge is 0.338 e. The Hall–Kier alpha value is -4.42. The molecule has 3 N–H and O–H groups in total. The summed E-state index contributed by atoms with van der Waals surface area (Å²) in [5.74, 6) is 0.569. The third kappa shape index (κ3) is 8.55. The molecule has 1 amide bonds. The Bertz CT molecular complexity index is 1540. The molecule has 0 unspecified atom stereocenters. The predicted molar refractivity (Wildman–Crippen MR) is 170 cm³/mol. The first-order valence-electron chi connectivity index (χ1n) is 13.3. The van der Waals surface area contributed by atoms with Crippen LogP contribution in [0.1, 0.15) is 36.6 Å². The van der Waals surface area contributed by atoms with E-state index in [1.807, 2.05) is 30.3 Å². The number of esters is 1. The van der Waals surface area contributed by atoms with E-state index in [0.29, 0.717) is 51.4 Å². The fraction of sp³-hybridized carbons (Fsp3) is 0.226. The lowest BCUT2D eigenvalue weighted by atomic mass is 9.95. The maximum atomic E-state index is 12.7. The van der Waals surface area contributed by atoms with E-state index in [-0.39, 0.29) is 13.2 Å². The number of carbonyl (C=O) groups excluding carboxylic acids is 2. The van der Waals surface area contributed by atoms with Crippen LogP contribution in [0, 0.1) is 0 Å². The number of hydrogen-bond donors (Lipinski definition) is 3. The monoisotopic (exact) mass is 666 g/mol. The maximum absolute atomic E-state index is 12.7. The van der Waals surface area contributed by atoms with Crippen molar-refractivity contribution in [2.75, 3.05) is 20.3 Å². The second-order valence-corrected chi connectivity index (χ2v) is 10.6. The molecular formula is C31H31BrN4O6S. The van der Waals surface area contributed by atoms with E-state index in [4.69, 9.17) is 31.2 Å². The molecule has 10 nitrogen and oxygen atoms in total. The van der Waals surface area contributed by atoms with Crippen LogP contribution >= 0.6 is 28.1 Å². The molecule has 0 bridgehead atoms. The number of amides is 1. The summed E-state index contributed by atoms with van der Waals surface area (Å²) in [7, 11) is 1.55. The van der Waals surface area contributed by atoms with Crippen LogP contribution in [0.25, 0.3) is 0 Å². The van der Waals surface area contributed by atoms with E-state index in [1.165, 1.54) is 6.21 Å². The molecule has 1 heterocycles. The van der Waals surface area contributed by atoms with E-state index >= 15 is 0 Å². The first kappa shape index (κ1) is 31.5. The molecule has 1 atom stereocenters. The Labute approximate surface area is 263 Å². The highest BCUT2D eigenvalue weighted by Crippen LogP contribution is 2.33. The van der Waals surface area contributed by atoms with E-state index in [9.17, 15) is 9.59 Å². The van der Waals surface area contributed by atoms with Crippen molar-refractivity contribution in [1.29, 1.82) is 0 Å². The molecule has 0 fully saturated rings. The molecule has 0 radical (unpaired) electrons. The number of allylic oxidation sites excluding steroid dienone is 1. The number of carbonyl (C=O) groups is 2. The van der Waals surface area contributed by atoms with E-state index < -0.39 is 17.9 Å². The van der Waals surface area contributed by atoms with E-state index in [1.54, 1.807) is 57.4 Å². The van der Waals surface area contributed by atoms with Gasteiger partial charge in [0, 0.05) is 15.7 Å². The van der Waals surface area contributed by atoms with Crippen molar-refractivity contribution in [1.82, 2.24) is 16.1 Å². The van der Waals surface area contributed by atoms with Crippen molar-refractivity contribution >= 4 is 51.4 Å². The van der Waals surface area contributed by atoms with Gasteiger partial charge in [-0.1, -0.05) is 46.3 Å². The van der Waals surface area contributed by atoms with Gasteiger partial charge in [-0.2, -0.15) is 5.10 Å². The SMILES string of the molecule is CCOC(=O)C1=C(C)NC(=S)N[C@@H]1c1ccccc1OCC(=O)NN=Cc1ccc(OCc2ccc(Br)cc2)c(OC)c1. The molecule has 1 aliphatic rings. The Morgan fingerprint density at radius 2 is 1.81 bits per heavy atom. The number of thiocarbonyl (C=S) groups is 1. The summed E-state index contributed by atoms with van der Waals surface area (Å²) in [6.07, 6.45) is 1.49. The quantitative estimate of drug-likeness (QED) is 0.107. The van der Waals surface area contributed by atoms with Crippen LogP contribution in [0.2, 0.25) is 0 Å². The average molecular weight is 668 g/mol. The van der Waals surface area contributed by atoms with Gasteiger partial charge in [0.15, 0.2) is 23.2 Å². The van der Waals surface area contributed by atoms with E-state index in [0.717, 1.165) is 10.0 Å². The summed E-state index contributed by atoms with van der Waals surface area (Å²) >= 11 is 8.74. The molecule has 0 saturated heterocycles. The largest absolute Gasteiger partial charge is 0.493 e. The Morgan fingerprint density at radius 1 is 1.05 bits per heavy atom. The number of hydrogen-bond acceptors (Lipinski definition) is 8. The van der Waals surface area contributed by atoms with Gasteiger partial charge in [0.1, 0.15) is 12.4 Å². The molecule has 3 aromatic carbocycles. The number of methoxy groups -OCH3 is 1. The zero-order valence-corrected chi connectivity index (χ0v) is 26.2. The number of hydrazone groups is 1. The average Bonchev–Trinajstić information content (AvgIpc) is 3.00. The molecule has 43 heavy (non-hydrogen) atoms. The summed E-state index contributed by atoms with van der Waals surface area (Å²) in [6, 6.07) is 19.7. The van der Waals surface area contributed by atoms with Gasteiger partial charge in [0.25, 0.3) is 5.91 Å². The molecule has 224 valence electrons. The number of para-hydroxylation sites is 1. The van der Waals surface area contributed by atoms with Crippen molar-refractivity contribution in [3.05, 3.63) is 99.2 Å². The highest BCUT2D eigenvalue weighted by atomic mass is 79.9. The van der Waals surface area contributed by atoms with Gasteiger partial charge < -0.3 is 29.6 Å². The third-order valence-electron chi connectivity index (χ3n) is 6.25. The first-order valence-corrected chi connectivity index (χ1v) is 14.5. The second kappa shape index (κ2) is 15.2.